The lowest BCUT2D eigenvalue weighted by atomic mass is 10.2. The van der Waals surface area contributed by atoms with Crippen molar-refractivity contribution in [2.75, 3.05) is 11.5 Å². The first kappa shape index (κ1) is 6.18. The summed E-state index contributed by atoms with van der Waals surface area (Å²) in [6.07, 6.45) is 5.10. The summed E-state index contributed by atoms with van der Waals surface area (Å²) in [6.45, 7) is 0. The van der Waals surface area contributed by atoms with E-state index in [9.17, 15) is 4.21 Å². The molecule has 1 nitrogen and oxygen atoms in total. The lowest BCUT2D eigenvalue weighted by Gasteiger charge is -1.88. The molecule has 0 aliphatic carbocycles. The fourth-order valence-corrected chi connectivity index (χ4v) is 3.56. The maximum absolute atomic E-state index is 10.6. The van der Waals surface area contributed by atoms with Gasteiger partial charge in [-0.1, -0.05) is 10.8 Å². The molecule has 0 aromatic heterocycles. The molecule has 0 bridgehead atoms. The lowest BCUT2D eigenvalue weighted by Crippen LogP contribution is -1.97. The Labute approximate surface area is 55.1 Å². The van der Waals surface area contributed by atoms with Gasteiger partial charge in [-0.05, 0) is 0 Å². The third-order valence-electron chi connectivity index (χ3n) is 0.974. The van der Waals surface area contributed by atoms with Crippen molar-refractivity contribution in [2.24, 2.45) is 5.92 Å². The molecule has 1 heterocycles. The van der Waals surface area contributed by atoms with Crippen LogP contribution in [-0.2, 0) is 9.83 Å². The minimum atomic E-state index is -0.679. The molecule has 1 fully saturated rings. The summed E-state index contributed by atoms with van der Waals surface area (Å²) in [5, 5.41) is 0. The van der Waals surface area contributed by atoms with Crippen LogP contribution in [0.4, 0.5) is 0 Å². The second-order valence-corrected chi connectivity index (χ2v) is 4.95. The van der Waals surface area contributed by atoms with E-state index in [2.05, 4.69) is 5.92 Å². The van der Waals surface area contributed by atoms with E-state index >= 15 is 0 Å². The van der Waals surface area contributed by atoms with Crippen molar-refractivity contribution in [3.05, 3.63) is 0 Å². The van der Waals surface area contributed by atoms with Crippen LogP contribution in [0.1, 0.15) is 0 Å². The Morgan fingerprint density at radius 1 is 1.88 bits per heavy atom. The Kier molecular flexibility index (Phi) is 1.98. The third-order valence-corrected chi connectivity index (χ3v) is 4.05. The van der Waals surface area contributed by atoms with Gasteiger partial charge < -0.3 is 0 Å². The van der Waals surface area contributed by atoms with Crippen molar-refractivity contribution in [3.8, 4) is 12.3 Å². The average molecular weight is 146 g/mol. The first-order chi connectivity index (χ1) is 3.83. The molecule has 3 heteroatoms. The van der Waals surface area contributed by atoms with Crippen LogP contribution in [0.25, 0.3) is 0 Å². The lowest BCUT2D eigenvalue weighted by molar-refractivity contribution is 0.689. The van der Waals surface area contributed by atoms with E-state index < -0.39 is 9.83 Å². The standard InChI is InChI=1S/C5H6OS2/c1-2-5-3-7-8(6)4-5/h1,5H,3-4H2. The van der Waals surface area contributed by atoms with Crippen LogP contribution in [0.2, 0.25) is 0 Å². The smallest absolute Gasteiger partial charge is 0.0817 e. The van der Waals surface area contributed by atoms with Gasteiger partial charge in [0.05, 0.1) is 9.83 Å². The fourth-order valence-electron chi connectivity index (χ4n) is 0.515. The number of rotatable bonds is 0. The zero-order valence-corrected chi connectivity index (χ0v) is 5.93. The topological polar surface area (TPSA) is 17.1 Å². The molecule has 1 aliphatic heterocycles. The summed E-state index contributed by atoms with van der Waals surface area (Å²) < 4.78 is 10.6. The molecule has 0 radical (unpaired) electrons. The first-order valence-corrected chi connectivity index (χ1v) is 5.13. The van der Waals surface area contributed by atoms with Gasteiger partial charge in [0, 0.05) is 17.4 Å². The van der Waals surface area contributed by atoms with Gasteiger partial charge in [-0.2, -0.15) is 0 Å². The Bertz CT molecular complexity index is 147. The molecule has 0 saturated carbocycles. The molecule has 1 rings (SSSR count). The highest BCUT2D eigenvalue weighted by molar-refractivity contribution is 8.69. The van der Waals surface area contributed by atoms with Crippen LogP contribution < -0.4 is 0 Å². The van der Waals surface area contributed by atoms with Gasteiger partial charge in [-0.25, -0.2) is 4.21 Å². The monoisotopic (exact) mass is 146 g/mol. The number of hydrogen-bond acceptors (Lipinski definition) is 2. The maximum Gasteiger partial charge on any atom is 0.0817 e. The highest BCUT2D eigenvalue weighted by Crippen LogP contribution is 2.23. The van der Waals surface area contributed by atoms with Gasteiger partial charge >= 0.3 is 0 Å². The SMILES string of the molecule is C#CC1CSS(=O)C1. The molecule has 0 aromatic carbocycles. The van der Waals surface area contributed by atoms with Crippen molar-refractivity contribution in [3.63, 3.8) is 0 Å². The quantitative estimate of drug-likeness (QED) is 0.368. The van der Waals surface area contributed by atoms with E-state index in [4.69, 9.17) is 6.42 Å². The summed E-state index contributed by atoms with van der Waals surface area (Å²) in [7, 11) is 0.781. The molecule has 44 valence electrons. The van der Waals surface area contributed by atoms with E-state index in [1.54, 1.807) is 0 Å². The molecule has 0 amide bonds. The van der Waals surface area contributed by atoms with Crippen LogP contribution in [0.5, 0.6) is 0 Å². The van der Waals surface area contributed by atoms with Gasteiger partial charge in [0.1, 0.15) is 0 Å². The van der Waals surface area contributed by atoms with Gasteiger partial charge in [-0.3, -0.25) is 0 Å². The van der Waals surface area contributed by atoms with Crippen LogP contribution in [0, 0.1) is 18.3 Å². The van der Waals surface area contributed by atoms with Gasteiger partial charge in [0.15, 0.2) is 0 Å². The summed E-state index contributed by atoms with van der Waals surface area (Å²) in [4.78, 5) is 0. The number of hydrogen-bond donors (Lipinski definition) is 0. The zero-order chi connectivity index (χ0) is 5.98. The predicted molar refractivity (Wildman–Crippen MR) is 37.8 cm³/mol. The molecule has 2 atom stereocenters. The van der Waals surface area contributed by atoms with Crippen molar-refractivity contribution < 1.29 is 4.21 Å². The summed E-state index contributed by atoms with van der Waals surface area (Å²) in [5.41, 5.74) is 0. The van der Waals surface area contributed by atoms with Crippen LogP contribution >= 0.6 is 10.8 Å². The van der Waals surface area contributed by atoms with Gasteiger partial charge in [0.2, 0.25) is 0 Å². The maximum atomic E-state index is 10.6. The normalized spacial score (nSPS) is 36.9. The molecule has 2 unspecified atom stereocenters. The summed E-state index contributed by atoms with van der Waals surface area (Å²) >= 11 is 0. The largest absolute Gasteiger partial charge is 0.248 e. The molecule has 0 spiro atoms. The number of terminal acetylenes is 1. The minimum absolute atomic E-state index is 0.265. The van der Waals surface area contributed by atoms with Crippen LogP contribution in [0.3, 0.4) is 0 Å². The van der Waals surface area contributed by atoms with E-state index in [1.165, 1.54) is 10.8 Å². The van der Waals surface area contributed by atoms with E-state index in [-0.39, 0.29) is 5.92 Å². The molecular weight excluding hydrogens is 140 g/mol. The van der Waals surface area contributed by atoms with Crippen molar-refractivity contribution in [2.45, 2.75) is 0 Å². The highest BCUT2D eigenvalue weighted by atomic mass is 33.1. The second-order valence-electron chi connectivity index (χ2n) is 1.62. The Balaban J connectivity index is 2.47. The van der Waals surface area contributed by atoms with Crippen LogP contribution in [0.15, 0.2) is 0 Å². The fraction of sp³-hybridized carbons (Fsp3) is 0.600. The molecule has 0 aromatic rings. The van der Waals surface area contributed by atoms with Crippen LogP contribution in [-0.4, -0.2) is 15.7 Å². The Morgan fingerprint density at radius 2 is 2.62 bits per heavy atom. The van der Waals surface area contributed by atoms with E-state index in [0.29, 0.717) is 5.75 Å². The van der Waals surface area contributed by atoms with Crippen molar-refractivity contribution in [1.82, 2.24) is 0 Å². The van der Waals surface area contributed by atoms with E-state index in [1.807, 2.05) is 0 Å². The van der Waals surface area contributed by atoms with Crippen molar-refractivity contribution >= 4 is 20.6 Å². The van der Waals surface area contributed by atoms with Crippen molar-refractivity contribution in [1.29, 1.82) is 0 Å². The minimum Gasteiger partial charge on any atom is -0.248 e. The second kappa shape index (κ2) is 2.56. The third kappa shape index (κ3) is 1.27. The molecule has 0 N–H and O–H groups in total. The Morgan fingerprint density at radius 3 is 2.88 bits per heavy atom. The summed E-state index contributed by atoms with van der Waals surface area (Å²) in [5.74, 6) is 4.42. The average Bonchev–Trinajstić information content (AvgIpc) is 2.14. The molecule has 1 saturated heterocycles. The van der Waals surface area contributed by atoms with E-state index in [0.717, 1.165) is 5.75 Å². The van der Waals surface area contributed by atoms with Gasteiger partial charge in [-0.15, -0.1) is 12.3 Å². The molecule has 1 aliphatic rings. The Hall–Kier alpha value is 0.0600. The zero-order valence-electron chi connectivity index (χ0n) is 4.29. The molecule has 8 heavy (non-hydrogen) atoms. The highest BCUT2D eigenvalue weighted by Gasteiger charge is 2.18. The predicted octanol–water partition coefficient (Wildman–Crippen LogP) is 0.646. The van der Waals surface area contributed by atoms with Gasteiger partial charge in [0.25, 0.3) is 0 Å². The summed E-state index contributed by atoms with van der Waals surface area (Å²) in [6, 6.07) is 0. The molecular formula is C5H6OS2. The first-order valence-electron chi connectivity index (χ1n) is 2.30.